The number of aryl methyl sites for hydroxylation is 1. The summed E-state index contributed by atoms with van der Waals surface area (Å²) in [6.45, 7) is 7.79. The van der Waals surface area contributed by atoms with E-state index in [9.17, 15) is 9.59 Å². The molecule has 0 bridgehead atoms. The molecule has 3 rings (SSSR count). The third-order valence-corrected chi connectivity index (χ3v) is 6.45. The molecule has 1 aliphatic heterocycles. The summed E-state index contributed by atoms with van der Waals surface area (Å²) >= 11 is 13.5. The van der Waals surface area contributed by atoms with E-state index in [0.29, 0.717) is 33.1 Å². The first-order valence-electron chi connectivity index (χ1n) is 9.29. The summed E-state index contributed by atoms with van der Waals surface area (Å²) in [5.74, 6) is -0.429. The van der Waals surface area contributed by atoms with Gasteiger partial charge in [0.25, 0.3) is 0 Å². The number of amidine groups is 1. The van der Waals surface area contributed by atoms with Crippen molar-refractivity contribution >= 4 is 63.3 Å². The third kappa shape index (κ3) is 5.06. The number of nitrogens with one attached hydrogen (secondary N) is 1. The number of thioether (sulfide) groups is 1. The quantitative estimate of drug-likeness (QED) is 0.556. The highest BCUT2D eigenvalue weighted by Gasteiger charge is 2.38. The van der Waals surface area contributed by atoms with Crippen LogP contribution in [0.15, 0.2) is 54.0 Å². The van der Waals surface area contributed by atoms with E-state index in [-0.39, 0.29) is 18.2 Å². The molecule has 2 aromatic carbocycles. The fraction of sp³-hybridized carbons (Fsp3) is 0.227. The van der Waals surface area contributed by atoms with Crippen LogP contribution in [0, 0.1) is 13.8 Å². The van der Waals surface area contributed by atoms with E-state index >= 15 is 0 Å². The fourth-order valence-corrected chi connectivity index (χ4v) is 4.44. The highest BCUT2D eigenvalue weighted by molar-refractivity contribution is 8.15. The summed E-state index contributed by atoms with van der Waals surface area (Å²) in [5, 5.41) is 3.94. The zero-order valence-electron chi connectivity index (χ0n) is 16.6. The van der Waals surface area contributed by atoms with E-state index in [2.05, 4.69) is 16.9 Å². The van der Waals surface area contributed by atoms with Crippen LogP contribution < -0.4 is 5.32 Å². The van der Waals surface area contributed by atoms with Gasteiger partial charge in [-0.25, -0.2) is 4.99 Å². The SMILES string of the molecule is C=CCN1C(=O)[C@H](CC(=O)Nc2cccc(Cl)c2C)SC1=Nc1cc(Cl)ccc1C. The second-order valence-corrected chi connectivity index (χ2v) is 8.85. The van der Waals surface area contributed by atoms with Crippen molar-refractivity contribution in [3.63, 3.8) is 0 Å². The van der Waals surface area contributed by atoms with Gasteiger partial charge >= 0.3 is 0 Å². The van der Waals surface area contributed by atoms with Crippen molar-refractivity contribution in [1.29, 1.82) is 0 Å². The minimum Gasteiger partial charge on any atom is -0.326 e. The van der Waals surface area contributed by atoms with Gasteiger partial charge in [0, 0.05) is 28.7 Å². The number of amides is 2. The number of hydrogen-bond donors (Lipinski definition) is 1. The van der Waals surface area contributed by atoms with Gasteiger partial charge in [0.05, 0.1) is 5.69 Å². The minimum absolute atomic E-state index is 0.0244. The topological polar surface area (TPSA) is 61.8 Å². The van der Waals surface area contributed by atoms with Crippen molar-refractivity contribution < 1.29 is 9.59 Å². The maximum atomic E-state index is 12.9. The molecule has 0 spiro atoms. The average molecular weight is 462 g/mol. The molecule has 1 saturated heterocycles. The van der Waals surface area contributed by atoms with Gasteiger partial charge in [0.2, 0.25) is 11.8 Å². The van der Waals surface area contributed by atoms with Gasteiger partial charge < -0.3 is 5.32 Å². The highest BCUT2D eigenvalue weighted by atomic mass is 35.5. The molecule has 1 heterocycles. The van der Waals surface area contributed by atoms with Gasteiger partial charge in [-0.15, -0.1) is 6.58 Å². The van der Waals surface area contributed by atoms with Crippen LogP contribution in [-0.4, -0.2) is 33.7 Å². The largest absolute Gasteiger partial charge is 0.326 e. The number of aliphatic imine (C=N–C) groups is 1. The number of hydrogen-bond acceptors (Lipinski definition) is 4. The number of benzene rings is 2. The molecular formula is C22H21Cl2N3O2S. The maximum absolute atomic E-state index is 12.9. The lowest BCUT2D eigenvalue weighted by Crippen LogP contribution is -2.33. The highest BCUT2D eigenvalue weighted by Crippen LogP contribution is 2.33. The standard InChI is InChI=1S/C22H21Cl2N3O2S/c1-4-10-27-21(29)19(12-20(28)25-17-7-5-6-16(24)14(17)3)30-22(27)26-18-11-15(23)9-8-13(18)2/h4-9,11,19H,1,10,12H2,2-3H3,(H,25,28)/t19-/m0/s1. The second kappa shape index (κ2) is 9.69. The van der Waals surface area contributed by atoms with E-state index in [1.807, 2.05) is 19.9 Å². The zero-order chi connectivity index (χ0) is 21.8. The smallest absolute Gasteiger partial charge is 0.242 e. The summed E-state index contributed by atoms with van der Waals surface area (Å²) in [7, 11) is 0. The normalized spacial score (nSPS) is 17.5. The van der Waals surface area contributed by atoms with Crippen LogP contribution in [-0.2, 0) is 9.59 Å². The summed E-state index contributed by atoms with van der Waals surface area (Å²) in [4.78, 5) is 31.7. The first-order chi connectivity index (χ1) is 14.3. The van der Waals surface area contributed by atoms with Crippen LogP contribution in [0.5, 0.6) is 0 Å². The predicted octanol–water partition coefficient (Wildman–Crippen LogP) is 5.76. The van der Waals surface area contributed by atoms with Crippen molar-refractivity contribution in [1.82, 2.24) is 4.90 Å². The summed E-state index contributed by atoms with van der Waals surface area (Å²) in [6.07, 6.45) is 1.66. The van der Waals surface area contributed by atoms with E-state index < -0.39 is 5.25 Å². The summed E-state index contributed by atoms with van der Waals surface area (Å²) in [5.41, 5.74) is 3.04. The lowest BCUT2D eigenvalue weighted by atomic mass is 10.2. The molecule has 30 heavy (non-hydrogen) atoms. The van der Waals surface area contributed by atoms with Gasteiger partial charge in [-0.1, -0.05) is 53.2 Å². The first kappa shape index (κ1) is 22.4. The van der Waals surface area contributed by atoms with Crippen molar-refractivity contribution in [2.24, 2.45) is 4.99 Å². The zero-order valence-corrected chi connectivity index (χ0v) is 18.9. The van der Waals surface area contributed by atoms with E-state index in [4.69, 9.17) is 23.2 Å². The Hall–Kier alpha value is -2.28. The van der Waals surface area contributed by atoms with E-state index in [0.717, 1.165) is 11.1 Å². The van der Waals surface area contributed by atoms with Crippen molar-refractivity contribution in [3.05, 3.63) is 70.2 Å². The molecule has 8 heteroatoms. The van der Waals surface area contributed by atoms with Gasteiger partial charge in [0.1, 0.15) is 5.25 Å². The number of halogens is 2. The van der Waals surface area contributed by atoms with Crippen LogP contribution in [0.3, 0.4) is 0 Å². The second-order valence-electron chi connectivity index (χ2n) is 6.83. The van der Waals surface area contributed by atoms with Crippen LogP contribution in [0.25, 0.3) is 0 Å². The van der Waals surface area contributed by atoms with Crippen LogP contribution in [0.1, 0.15) is 17.5 Å². The Morgan fingerprint density at radius 1 is 1.30 bits per heavy atom. The van der Waals surface area contributed by atoms with Gasteiger partial charge in [0.15, 0.2) is 5.17 Å². The van der Waals surface area contributed by atoms with Gasteiger partial charge in [-0.05, 0) is 49.2 Å². The van der Waals surface area contributed by atoms with Crippen LogP contribution in [0.2, 0.25) is 10.0 Å². The molecule has 0 saturated carbocycles. The number of rotatable bonds is 6. The minimum atomic E-state index is -0.567. The van der Waals surface area contributed by atoms with E-state index in [1.54, 1.807) is 41.3 Å². The van der Waals surface area contributed by atoms with Gasteiger partial charge in [-0.2, -0.15) is 0 Å². The summed E-state index contributed by atoms with van der Waals surface area (Å²) < 4.78 is 0. The predicted molar refractivity (Wildman–Crippen MR) is 126 cm³/mol. The first-order valence-corrected chi connectivity index (χ1v) is 10.9. The van der Waals surface area contributed by atoms with Crippen molar-refractivity contribution in [2.45, 2.75) is 25.5 Å². The molecule has 1 N–H and O–H groups in total. The monoisotopic (exact) mass is 461 g/mol. The molecule has 2 amide bonds. The van der Waals surface area contributed by atoms with Crippen molar-refractivity contribution in [2.75, 3.05) is 11.9 Å². The molecule has 1 fully saturated rings. The Bertz CT molecular complexity index is 1040. The van der Waals surface area contributed by atoms with Crippen LogP contribution >= 0.6 is 35.0 Å². The Labute approximate surface area is 190 Å². The fourth-order valence-electron chi connectivity index (χ4n) is 2.94. The molecular weight excluding hydrogens is 441 g/mol. The Morgan fingerprint density at radius 3 is 2.80 bits per heavy atom. The molecule has 156 valence electrons. The Morgan fingerprint density at radius 2 is 2.07 bits per heavy atom. The van der Waals surface area contributed by atoms with Gasteiger partial charge in [-0.3, -0.25) is 14.5 Å². The molecule has 1 atom stereocenters. The number of carbonyl (C=O) groups is 2. The Kier molecular flexibility index (Phi) is 7.23. The van der Waals surface area contributed by atoms with Crippen LogP contribution in [0.4, 0.5) is 11.4 Å². The molecule has 0 aromatic heterocycles. The molecule has 0 unspecified atom stereocenters. The lowest BCUT2D eigenvalue weighted by Gasteiger charge is -2.14. The maximum Gasteiger partial charge on any atom is 0.242 e. The third-order valence-electron chi connectivity index (χ3n) is 4.63. The molecule has 0 radical (unpaired) electrons. The average Bonchev–Trinajstić information content (AvgIpc) is 2.97. The molecule has 0 aliphatic carbocycles. The number of carbonyl (C=O) groups excluding carboxylic acids is 2. The summed E-state index contributed by atoms with van der Waals surface area (Å²) in [6, 6.07) is 10.7. The number of anilines is 1. The van der Waals surface area contributed by atoms with Crippen molar-refractivity contribution in [3.8, 4) is 0 Å². The molecule has 2 aromatic rings. The molecule has 5 nitrogen and oxygen atoms in total. The Balaban J connectivity index is 1.79. The van der Waals surface area contributed by atoms with E-state index in [1.165, 1.54) is 11.8 Å². The lowest BCUT2D eigenvalue weighted by molar-refractivity contribution is -0.127. The number of nitrogens with zero attached hydrogens (tertiary/aromatic N) is 2. The molecule has 1 aliphatic rings.